The van der Waals surface area contributed by atoms with E-state index in [1.165, 1.54) is 5.56 Å². The lowest BCUT2D eigenvalue weighted by Gasteiger charge is -2.13. The van der Waals surface area contributed by atoms with E-state index < -0.39 is 0 Å². The first-order valence-corrected chi connectivity index (χ1v) is 6.37. The maximum Gasteiger partial charge on any atom is 0.138 e. The Labute approximate surface area is 108 Å². The third-order valence-corrected chi connectivity index (χ3v) is 3.04. The highest BCUT2D eigenvalue weighted by atomic mass is 15.3. The van der Waals surface area contributed by atoms with Crippen molar-refractivity contribution in [3.8, 4) is 0 Å². The van der Waals surface area contributed by atoms with Crippen LogP contribution in [0.3, 0.4) is 0 Å². The van der Waals surface area contributed by atoms with E-state index in [-0.39, 0.29) is 6.04 Å². The molecule has 2 aromatic rings. The molecule has 1 atom stereocenters. The van der Waals surface area contributed by atoms with Crippen LogP contribution in [0, 0.1) is 0 Å². The van der Waals surface area contributed by atoms with Gasteiger partial charge in [-0.2, -0.15) is 5.10 Å². The van der Waals surface area contributed by atoms with Crippen molar-refractivity contribution in [2.24, 2.45) is 5.73 Å². The Balaban J connectivity index is 1.97. The van der Waals surface area contributed by atoms with Crippen LogP contribution in [0.5, 0.6) is 0 Å². The molecular weight excluding hydrogens is 224 g/mol. The molecule has 96 valence electrons. The van der Waals surface area contributed by atoms with Crippen molar-refractivity contribution in [1.29, 1.82) is 0 Å². The average molecular weight is 244 g/mol. The lowest BCUT2D eigenvalue weighted by atomic mass is 10.0. The summed E-state index contributed by atoms with van der Waals surface area (Å²) in [6, 6.07) is 10.6. The first-order valence-electron chi connectivity index (χ1n) is 6.37. The summed E-state index contributed by atoms with van der Waals surface area (Å²) >= 11 is 0. The number of benzene rings is 1. The van der Waals surface area contributed by atoms with Gasteiger partial charge < -0.3 is 5.73 Å². The van der Waals surface area contributed by atoms with Crippen LogP contribution in [0.25, 0.3) is 0 Å². The summed E-state index contributed by atoms with van der Waals surface area (Å²) in [6.07, 6.45) is 3.35. The Morgan fingerprint density at radius 1 is 1.22 bits per heavy atom. The predicted molar refractivity (Wildman–Crippen MR) is 72.1 cm³/mol. The van der Waals surface area contributed by atoms with Crippen molar-refractivity contribution in [2.75, 3.05) is 0 Å². The van der Waals surface area contributed by atoms with E-state index >= 15 is 0 Å². The summed E-state index contributed by atoms with van der Waals surface area (Å²) < 4.78 is 1.96. The molecule has 0 radical (unpaired) electrons. The number of nitrogens with two attached hydrogens (primary N) is 1. The molecule has 0 fully saturated rings. The molecule has 4 heteroatoms. The molecule has 0 saturated carbocycles. The van der Waals surface area contributed by atoms with Gasteiger partial charge in [0.1, 0.15) is 12.2 Å². The van der Waals surface area contributed by atoms with Crippen LogP contribution < -0.4 is 5.73 Å². The number of hydrogen-bond donors (Lipinski definition) is 1. The number of aryl methyl sites for hydroxylation is 1. The van der Waals surface area contributed by atoms with Gasteiger partial charge >= 0.3 is 0 Å². The Bertz CT molecular complexity index is 476. The summed E-state index contributed by atoms with van der Waals surface area (Å²) in [7, 11) is 0. The van der Waals surface area contributed by atoms with Crippen molar-refractivity contribution >= 4 is 0 Å². The predicted octanol–water partition coefficient (Wildman–Crippen LogP) is 2.49. The average Bonchev–Trinajstić information content (AvgIpc) is 2.85. The number of aromatic nitrogens is 3. The van der Waals surface area contributed by atoms with Crippen molar-refractivity contribution in [3.05, 3.63) is 48.0 Å². The van der Waals surface area contributed by atoms with Crippen LogP contribution in [-0.2, 0) is 6.42 Å². The second-order valence-corrected chi connectivity index (χ2v) is 4.77. The van der Waals surface area contributed by atoms with Gasteiger partial charge in [-0.05, 0) is 25.8 Å². The zero-order valence-electron chi connectivity index (χ0n) is 11.0. The minimum absolute atomic E-state index is 0.0588. The first-order chi connectivity index (χ1) is 8.68. The third kappa shape index (κ3) is 2.96. The SMILES string of the molecule is CC(C)n1ncnc1CCC(N)c1ccccc1. The number of hydrogen-bond acceptors (Lipinski definition) is 3. The molecule has 1 aromatic carbocycles. The summed E-state index contributed by atoms with van der Waals surface area (Å²) in [6.45, 7) is 4.21. The van der Waals surface area contributed by atoms with Gasteiger partial charge in [0.2, 0.25) is 0 Å². The summed E-state index contributed by atoms with van der Waals surface area (Å²) in [5.74, 6) is 1.01. The standard InChI is InChI=1S/C14H20N4/c1-11(2)18-14(16-10-17-18)9-8-13(15)12-6-4-3-5-7-12/h3-7,10-11,13H,8-9,15H2,1-2H3. The van der Waals surface area contributed by atoms with Crippen LogP contribution >= 0.6 is 0 Å². The molecule has 2 rings (SSSR count). The lowest BCUT2D eigenvalue weighted by Crippen LogP contribution is -2.14. The first kappa shape index (κ1) is 12.8. The van der Waals surface area contributed by atoms with E-state index in [2.05, 4.69) is 36.1 Å². The Hall–Kier alpha value is -1.68. The van der Waals surface area contributed by atoms with E-state index in [0.717, 1.165) is 18.7 Å². The Morgan fingerprint density at radius 2 is 1.94 bits per heavy atom. The maximum absolute atomic E-state index is 6.18. The molecule has 0 saturated heterocycles. The fourth-order valence-corrected chi connectivity index (χ4v) is 2.04. The van der Waals surface area contributed by atoms with Gasteiger partial charge in [0.15, 0.2) is 0 Å². The van der Waals surface area contributed by atoms with Gasteiger partial charge in [0, 0.05) is 18.5 Å². The van der Waals surface area contributed by atoms with E-state index in [0.29, 0.717) is 6.04 Å². The highest BCUT2D eigenvalue weighted by molar-refractivity contribution is 5.18. The van der Waals surface area contributed by atoms with Gasteiger partial charge in [0.05, 0.1) is 0 Å². The Morgan fingerprint density at radius 3 is 2.61 bits per heavy atom. The molecule has 1 heterocycles. The molecule has 18 heavy (non-hydrogen) atoms. The normalized spacial score (nSPS) is 12.9. The topological polar surface area (TPSA) is 56.7 Å². The summed E-state index contributed by atoms with van der Waals surface area (Å²) in [5.41, 5.74) is 7.35. The summed E-state index contributed by atoms with van der Waals surface area (Å²) in [5, 5.41) is 4.23. The highest BCUT2D eigenvalue weighted by Crippen LogP contribution is 2.16. The number of rotatable bonds is 5. The molecule has 0 amide bonds. The zero-order chi connectivity index (χ0) is 13.0. The molecule has 0 aliphatic rings. The minimum atomic E-state index is 0.0588. The minimum Gasteiger partial charge on any atom is -0.324 e. The van der Waals surface area contributed by atoms with Crippen LogP contribution in [0.1, 0.15) is 43.7 Å². The molecular formula is C14H20N4. The quantitative estimate of drug-likeness (QED) is 0.879. The Kier molecular flexibility index (Phi) is 4.10. The fraction of sp³-hybridized carbons (Fsp3) is 0.429. The van der Waals surface area contributed by atoms with Gasteiger partial charge in [-0.1, -0.05) is 30.3 Å². The molecule has 2 N–H and O–H groups in total. The van der Waals surface area contributed by atoms with Gasteiger partial charge in [-0.15, -0.1) is 0 Å². The van der Waals surface area contributed by atoms with E-state index in [9.17, 15) is 0 Å². The second-order valence-electron chi connectivity index (χ2n) is 4.77. The van der Waals surface area contributed by atoms with Gasteiger partial charge in [0.25, 0.3) is 0 Å². The van der Waals surface area contributed by atoms with Crippen LogP contribution in [0.2, 0.25) is 0 Å². The molecule has 0 aliphatic carbocycles. The second kappa shape index (κ2) is 5.78. The fourth-order valence-electron chi connectivity index (χ4n) is 2.04. The third-order valence-electron chi connectivity index (χ3n) is 3.04. The van der Waals surface area contributed by atoms with Crippen LogP contribution in [0.15, 0.2) is 36.7 Å². The van der Waals surface area contributed by atoms with E-state index in [1.54, 1.807) is 6.33 Å². The van der Waals surface area contributed by atoms with Crippen molar-refractivity contribution in [2.45, 2.75) is 38.8 Å². The van der Waals surface area contributed by atoms with Crippen molar-refractivity contribution < 1.29 is 0 Å². The molecule has 0 aliphatic heterocycles. The molecule has 1 unspecified atom stereocenters. The lowest BCUT2D eigenvalue weighted by molar-refractivity contribution is 0.493. The smallest absolute Gasteiger partial charge is 0.138 e. The van der Waals surface area contributed by atoms with E-state index in [1.807, 2.05) is 22.9 Å². The van der Waals surface area contributed by atoms with Crippen molar-refractivity contribution in [1.82, 2.24) is 14.8 Å². The highest BCUT2D eigenvalue weighted by Gasteiger charge is 2.10. The zero-order valence-corrected chi connectivity index (χ0v) is 11.0. The van der Waals surface area contributed by atoms with E-state index in [4.69, 9.17) is 5.73 Å². The molecule has 4 nitrogen and oxygen atoms in total. The monoisotopic (exact) mass is 244 g/mol. The largest absolute Gasteiger partial charge is 0.324 e. The molecule has 1 aromatic heterocycles. The molecule has 0 bridgehead atoms. The number of nitrogens with zero attached hydrogens (tertiary/aromatic N) is 3. The summed E-state index contributed by atoms with van der Waals surface area (Å²) in [4.78, 5) is 4.30. The molecule has 0 spiro atoms. The van der Waals surface area contributed by atoms with Gasteiger partial charge in [-0.3, -0.25) is 0 Å². The maximum atomic E-state index is 6.18. The van der Waals surface area contributed by atoms with Crippen LogP contribution in [-0.4, -0.2) is 14.8 Å². The van der Waals surface area contributed by atoms with Crippen molar-refractivity contribution in [3.63, 3.8) is 0 Å². The van der Waals surface area contributed by atoms with Gasteiger partial charge in [-0.25, -0.2) is 9.67 Å². The van der Waals surface area contributed by atoms with Crippen LogP contribution in [0.4, 0.5) is 0 Å².